The number of fused-ring (bicyclic) bond motifs is 1. The highest BCUT2D eigenvalue weighted by atomic mass is 16.3. The molecule has 2 aliphatic rings. The monoisotopic (exact) mass is 245 g/mol. The number of hydrogen-bond donors (Lipinski definition) is 1. The van der Waals surface area contributed by atoms with Crippen LogP contribution in [0, 0.1) is 0 Å². The van der Waals surface area contributed by atoms with Crippen LogP contribution in [0.1, 0.15) is 43.7 Å². The molecule has 0 aliphatic carbocycles. The Hall–Kier alpha value is -0.860. The fraction of sp³-hybridized carbons (Fsp3) is 0.625. The predicted molar refractivity (Wildman–Crippen MR) is 73.5 cm³/mol. The molecule has 2 heterocycles. The van der Waals surface area contributed by atoms with E-state index in [1.54, 1.807) is 0 Å². The molecule has 18 heavy (non-hydrogen) atoms. The molecule has 2 heteroatoms. The zero-order chi connectivity index (χ0) is 12.6. The van der Waals surface area contributed by atoms with Crippen molar-refractivity contribution in [2.45, 2.75) is 50.7 Å². The van der Waals surface area contributed by atoms with Gasteiger partial charge in [-0.3, -0.25) is 4.90 Å². The Morgan fingerprint density at radius 2 is 2.28 bits per heavy atom. The molecule has 0 amide bonds. The third kappa shape index (κ3) is 1.88. The quantitative estimate of drug-likeness (QED) is 0.885. The summed E-state index contributed by atoms with van der Waals surface area (Å²) in [5.74, 6) is 0. The van der Waals surface area contributed by atoms with Crippen LogP contribution < -0.4 is 0 Å². The molecule has 1 N–H and O–H groups in total. The third-order valence-electron chi connectivity index (χ3n) is 4.66. The second kappa shape index (κ2) is 4.67. The Morgan fingerprint density at radius 3 is 3.11 bits per heavy atom. The average Bonchev–Trinajstić information content (AvgIpc) is 2.95. The lowest BCUT2D eigenvalue weighted by Gasteiger charge is -2.30. The summed E-state index contributed by atoms with van der Waals surface area (Å²) in [6, 6.07) is 8.98. The van der Waals surface area contributed by atoms with E-state index in [2.05, 4.69) is 36.1 Å². The number of nitrogens with zero attached hydrogens (tertiary/aromatic N) is 1. The van der Waals surface area contributed by atoms with Gasteiger partial charge in [0.25, 0.3) is 0 Å². The van der Waals surface area contributed by atoms with Crippen molar-refractivity contribution >= 4 is 0 Å². The van der Waals surface area contributed by atoms with Gasteiger partial charge in [-0.05, 0) is 43.4 Å². The van der Waals surface area contributed by atoms with Crippen molar-refractivity contribution in [2.75, 3.05) is 13.1 Å². The number of benzene rings is 1. The predicted octanol–water partition coefficient (Wildman–Crippen LogP) is 2.69. The van der Waals surface area contributed by atoms with E-state index >= 15 is 0 Å². The first-order valence-corrected chi connectivity index (χ1v) is 7.30. The fourth-order valence-corrected chi connectivity index (χ4v) is 3.74. The molecule has 0 bridgehead atoms. The van der Waals surface area contributed by atoms with E-state index in [0.29, 0.717) is 6.04 Å². The summed E-state index contributed by atoms with van der Waals surface area (Å²) in [7, 11) is 0. The van der Waals surface area contributed by atoms with E-state index in [-0.39, 0.29) is 0 Å². The number of aryl methyl sites for hydroxylation is 1. The van der Waals surface area contributed by atoms with Crippen molar-refractivity contribution in [2.24, 2.45) is 0 Å². The van der Waals surface area contributed by atoms with Crippen molar-refractivity contribution in [3.8, 4) is 0 Å². The van der Waals surface area contributed by atoms with Crippen LogP contribution in [0.3, 0.4) is 0 Å². The Bertz CT molecular complexity index is 431. The van der Waals surface area contributed by atoms with Gasteiger partial charge in [-0.2, -0.15) is 0 Å². The van der Waals surface area contributed by atoms with Crippen molar-refractivity contribution in [3.05, 3.63) is 35.4 Å². The molecule has 1 aromatic rings. The van der Waals surface area contributed by atoms with Gasteiger partial charge < -0.3 is 5.11 Å². The second-order valence-electron chi connectivity index (χ2n) is 5.82. The minimum atomic E-state index is -0.597. The summed E-state index contributed by atoms with van der Waals surface area (Å²) in [4.78, 5) is 2.46. The molecule has 3 rings (SSSR count). The van der Waals surface area contributed by atoms with Crippen molar-refractivity contribution in [3.63, 3.8) is 0 Å². The van der Waals surface area contributed by atoms with Gasteiger partial charge in [0, 0.05) is 12.6 Å². The SMILES string of the molecule is CCCc1cccc(C2(O)CCN3CCCC32)c1. The maximum atomic E-state index is 11.1. The second-order valence-corrected chi connectivity index (χ2v) is 5.82. The fourth-order valence-electron chi connectivity index (χ4n) is 3.74. The molecular formula is C16H23NO. The molecular weight excluding hydrogens is 222 g/mol. The Balaban J connectivity index is 1.91. The van der Waals surface area contributed by atoms with Crippen LogP contribution in [0.2, 0.25) is 0 Å². The molecule has 2 saturated heterocycles. The summed E-state index contributed by atoms with van der Waals surface area (Å²) in [5.41, 5.74) is 1.91. The van der Waals surface area contributed by atoms with Gasteiger partial charge in [0.1, 0.15) is 5.60 Å². The van der Waals surface area contributed by atoms with Crippen LogP contribution >= 0.6 is 0 Å². The molecule has 2 aliphatic heterocycles. The maximum Gasteiger partial charge on any atom is 0.106 e. The van der Waals surface area contributed by atoms with Gasteiger partial charge in [-0.1, -0.05) is 37.6 Å². The van der Waals surface area contributed by atoms with Crippen LogP contribution in [-0.4, -0.2) is 29.1 Å². The zero-order valence-corrected chi connectivity index (χ0v) is 11.2. The highest BCUT2D eigenvalue weighted by molar-refractivity contribution is 5.31. The smallest absolute Gasteiger partial charge is 0.106 e. The molecule has 0 radical (unpaired) electrons. The first-order chi connectivity index (χ1) is 8.74. The van der Waals surface area contributed by atoms with Gasteiger partial charge in [-0.25, -0.2) is 0 Å². The summed E-state index contributed by atoms with van der Waals surface area (Å²) in [6.45, 7) is 4.43. The molecule has 2 nitrogen and oxygen atoms in total. The van der Waals surface area contributed by atoms with Gasteiger partial charge in [-0.15, -0.1) is 0 Å². The Morgan fingerprint density at radius 1 is 1.39 bits per heavy atom. The molecule has 0 spiro atoms. The Kier molecular flexibility index (Phi) is 3.16. The standard InChI is InChI=1S/C16H23NO/c1-2-5-13-6-3-7-14(12-13)16(18)9-11-17-10-4-8-15(16)17/h3,6-7,12,15,18H,2,4-5,8-11H2,1H3. The summed E-state index contributed by atoms with van der Waals surface area (Å²) >= 11 is 0. The van der Waals surface area contributed by atoms with Gasteiger partial charge >= 0.3 is 0 Å². The highest BCUT2D eigenvalue weighted by Crippen LogP contribution is 2.42. The lowest BCUT2D eigenvalue weighted by atomic mass is 9.84. The molecule has 2 atom stereocenters. The van der Waals surface area contributed by atoms with E-state index in [1.165, 1.54) is 18.5 Å². The number of aliphatic hydroxyl groups is 1. The van der Waals surface area contributed by atoms with Gasteiger partial charge in [0.2, 0.25) is 0 Å². The molecule has 2 fully saturated rings. The lowest BCUT2D eigenvalue weighted by molar-refractivity contribution is 0.00932. The van der Waals surface area contributed by atoms with E-state index < -0.39 is 5.60 Å². The van der Waals surface area contributed by atoms with Crippen LogP contribution in [0.4, 0.5) is 0 Å². The van der Waals surface area contributed by atoms with E-state index in [9.17, 15) is 5.11 Å². The molecule has 1 aromatic carbocycles. The first kappa shape index (κ1) is 12.2. The third-order valence-corrected chi connectivity index (χ3v) is 4.66. The normalized spacial score (nSPS) is 31.8. The minimum absolute atomic E-state index is 0.356. The summed E-state index contributed by atoms with van der Waals surface area (Å²) in [6.07, 6.45) is 5.55. The van der Waals surface area contributed by atoms with E-state index in [1.807, 2.05) is 0 Å². The van der Waals surface area contributed by atoms with E-state index in [0.717, 1.165) is 37.8 Å². The summed E-state index contributed by atoms with van der Waals surface area (Å²) in [5, 5.41) is 11.1. The topological polar surface area (TPSA) is 23.5 Å². The largest absolute Gasteiger partial charge is 0.383 e. The molecule has 0 aromatic heterocycles. The van der Waals surface area contributed by atoms with Crippen LogP contribution in [0.25, 0.3) is 0 Å². The van der Waals surface area contributed by atoms with Crippen molar-refractivity contribution in [1.29, 1.82) is 0 Å². The maximum absolute atomic E-state index is 11.1. The highest BCUT2D eigenvalue weighted by Gasteiger charge is 2.48. The Labute approximate surface area is 110 Å². The van der Waals surface area contributed by atoms with Crippen LogP contribution in [-0.2, 0) is 12.0 Å². The van der Waals surface area contributed by atoms with Crippen LogP contribution in [0.15, 0.2) is 24.3 Å². The molecule has 98 valence electrons. The zero-order valence-electron chi connectivity index (χ0n) is 11.2. The van der Waals surface area contributed by atoms with E-state index in [4.69, 9.17) is 0 Å². The van der Waals surface area contributed by atoms with Crippen molar-refractivity contribution in [1.82, 2.24) is 4.90 Å². The molecule has 2 unspecified atom stereocenters. The molecule has 0 saturated carbocycles. The van der Waals surface area contributed by atoms with Crippen LogP contribution in [0.5, 0.6) is 0 Å². The van der Waals surface area contributed by atoms with Gasteiger partial charge in [0.15, 0.2) is 0 Å². The first-order valence-electron chi connectivity index (χ1n) is 7.30. The van der Waals surface area contributed by atoms with Crippen molar-refractivity contribution < 1.29 is 5.11 Å². The van der Waals surface area contributed by atoms with Gasteiger partial charge in [0.05, 0.1) is 0 Å². The summed E-state index contributed by atoms with van der Waals surface area (Å²) < 4.78 is 0. The number of rotatable bonds is 3. The average molecular weight is 245 g/mol. The lowest BCUT2D eigenvalue weighted by Crippen LogP contribution is -2.38. The minimum Gasteiger partial charge on any atom is -0.383 e. The number of hydrogen-bond acceptors (Lipinski definition) is 2.